The Balaban J connectivity index is 0.00000241. The zero-order valence-electron chi connectivity index (χ0n) is 22.4. The second-order valence-electron chi connectivity index (χ2n) is 9.19. The van der Waals surface area contributed by atoms with E-state index in [1.807, 2.05) is 6.07 Å². The highest BCUT2D eigenvalue weighted by atomic mass is 35.5. The van der Waals surface area contributed by atoms with E-state index in [9.17, 15) is 0 Å². The first-order valence-electron chi connectivity index (χ1n) is 12.1. The van der Waals surface area contributed by atoms with Crippen LogP contribution in [-0.4, -0.2) is 71.4 Å². The maximum absolute atomic E-state index is 5.67. The summed E-state index contributed by atoms with van der Waals surface area (Å²) in [6, 6.07) is 21.7. The molecule has 3 aromatic carbocycles. The van der Waals surface area contributed by atoms with E-state index in [1.54, 1.807) is 21.3 Å². The third kappa shape index (κ3) is 7.45. The molecule has 4 rings (SSSR count). The highest BCUT2D eigenvalue weighted by molar-refractivity contribution is 5.85. The van der Waals surface area contributed by atoms with Crippen molar-refractivity contribution in [2.45, 2.75) is 13.1 Å². The van der Waals surface area contributed by atoms with Crippen LogP contribution in [0.15, 0.2) is 60.7 Å². The highest BCUT2D eigenvalue weighted by Gasteiger charge is 2.21. The van der Waals surface area contributed by atoms with Crippen LogP contribution in [0.3, 0.4) is 0 Å². The number of piperazine rings is 1. The molecule has 0 atom stereocenters. The molecule has 0 saturated carbocycles. The molecule has 6 nitrogen and oxygen atoms in total. The van der Waals surface area contributed by atoms with Gasteiger partial charge < -0.3 is 19.1 Å². The molecule has 0 spiro atoms. The first-order chi connectivity index (χ1) is 17.0. The number of ether oxygens (including phenoxy) is 3. The standard InChI is InChI=1S/C29H37N3O3.2ClH/c1-30(2)26-12-9-23(10-13-26)24-8-6-7-22(19-24)20-31-15-17-32(18-16-31)21-25-11-14-27(33-3)29(35-5)28(25)34-4;;/h6-14,19H,15-18,20-21H2,1-5H3;2*1H. The van der Waals surface area contributed by atoms with Gasteiger partial charge in [0.25, 0.3) is 0 Å². The van der Waals surface area contributed by atoms with Gasteiger partial charge in [-0.2, -0.15) is 0 Å². The van der Waals surface area contributed by atoms with E-state index in [2.05, 4.69) is 83.4 Å². The Labute approximate surface area is 233 Å². The van der Waals surface area contributed by atoms with Crippen LogP contribution in [0.4, 0.5) is 5.69 Å². The second-order valence-corrected chi connectivity index (χ2v) is 9.19. The van der Waals surface area contributed by atoms with E-state index in [1.165, 1.54) is 22.4 Å². The molecule has 0 aromatic heterocycles. The molecule has 0 aliphatic carbocycles. The van der Waals surface area contributed by atoms with Crippen molar-refractivity contribution in [2.75, 3.05) is 66.5 Å². The Kier molecular flexibility index (Phi) is 11.9. The SMILES string of the molecule is COc1ccc(CN2CCN(Cc3cccc(-c4ccc(N(C)C)cc4)c3)CC2)c(OC)c1OC.Cl.Cl. The number of nitrogens with zero attached hydrogens (tertiary/aromatic N) is 3. The first-order valence-corrected chi connectivity index (χ1v) is 12.1. The van der Waals surface area contributed by atoms with Crippen molar-refractivity contribution >= 4 is 30.5 Å². The number of anilines is 1. The van der Waals surface area contributed by atoms with Crippen molar-refractivity contribution in [1.29, 1.82) is 0 Å². The number of rotatable bonds is 9. The third-order valence-corrected chi connectivity index (χ3v) is 6.69. The molecule has 0 amide bonds. The summed E-state index contributed by atoms with van der Waals surface area (Å²) in [5, 5.41) is 0. The van der Waals surface area contributed by atoms with Crippen LogP contribution < -0.4 is 19.1 Å². The molecule has 8 heteroatoms. The average molecular weight is 549 g/mol. The quantitative estimate of drug-likeness (QED) is 0.346. The van der Waals surface area contributed by atoms with Crippen LogP contribution in [0.5, 0.6) is 17.2 Å². The summed E-state index contributed by atoms with van der Waals surface area (Å²) in [4.78, 5) is 7.14. The fraction of sp³-hybridized carbons (Fsp3) is 0.379. The molecule has 1 fully saturated rings. The molecule has 3 aromatic rings. The molecule has 0 N–H and O–H groups in total. The fourth-order valence-corrected chi connectivity index (χ4v) is 4.69. The van der Waals surface area contributed by atoms with E-state index >= 15 is 0 Å². The van der Waals surface area contributed by atoms with Crippen molar-refractivity contribution in [3.8, 4) is 28.4 Å². The Morgan fingerprint density at radius 3 is 1.86 bits per heavy atom. The normalized spacial score (nSPS) is 13.8. The van der Waals surface area contributed by atoms with Gasteiger partial charge in [-0.1, -0.05) is 36.4 Å². The summed E-state index contributed by atoms with van der Waals surface area (Å²) in [5.74, 6) is 2.10. The topological polar surface area (TPSA) is 37.4 Å². The van der Waals surface area contributed by atoms with Crippen molar-refractivity contribution in [3.05, 3.63) is 71.8 Å². The van der Waals surface area contributed by atoms with E-state index in [0.29, 0.717) is 11.5 Å². The molecule has 0 radical (unpaired) electrons. The van der Waals surface area contributed by atoms with E-state index in [-0.39, 0.29) is 24.8 Å². The average Bonchev–Trinajstić information content (AvgIpc) is 2.89. The lowest BCUT2D eigenvalue weighted by Crippen LogP contribution is -2.45. The van der Waals surface area contributed by atoms with Gasteiger partial charge in [-0.15, -0.1) is 24.8 Å². The lowest BCUT2D eigenvalue weighted by atomic mass is 10.0. The zero-order chi connectivity index (χ0) is 24.8. The van der Waals surface area contributed by atoms with Gasteiger partial charge in [0.2, 0.25) is 5.75 Å². The molecule has 0 bridgehead atoms. The van der Waals surface area contributed by atoms with Crippen LogP contribution >= 0.6 is 24.8 Å². The number of hydrogen-bond acceptors (Lipinski definition) is 6. The Bertz CT molecular complexity index is 1120. The molecule has 1 aliphatic heterocycles. The summed E-state index contributed by atoms with van der Waals surface area (Å²) >= 11 is 0. The van der Waals surface area contributed by atoms with Gasteiger partial charge in [0, 0.05) is 64.6 Å². The van der Waals surface area contributed by atoms with Crippen LogP contribution in [-0.2, 0) is 13.1 Å². The number of hydrogen-bond donors (Lipinski definition) is 0. The minimum Gasteiger partial charge on any atom is -0.493 e. The van der Waals surface area contributed by atoms with Gasteiger partial charge in [0.1, 0.15) is 0 Å². The minimum atomic E-state index is 0. The fourth-order valence-electron chi connectivity index (χ4n) is 4.69. The molecular formula is C29H39Cl2N3O3. The smallest absolute Gasteiger partial charge is 0.203 e. The summed E-state index contributed by atoms with van der Waals surface area (Å²) in [5.41, 5.74) is 6.22. The number of halogens is 2. The monoisotopic (exact) mass is 547 g/mol. The van der Waals surface area contributed by atoms with E-state index < -0.39 is 0 Å². The maximum Gasteiger partial charge on any atom is 0.203 e. The van der Waals surface area contributed by atoms with Crippen LogP contribution in [0.2, 0.25) is 0 Å². The number of methoxy groups -OCH3 is 3. The van der Waals surface area contributed by atoms with Gasteiger partial charge >= 0.3 is 0 Å². The van der Waals surface area contributed by atoms with Crippen LogP contribution in [0, 0.1) is 0 Å². The van der Waals surface area contributed by atoms with E-state index in [0.717, 1.165) is 50.6 Å². The lowest BCUT2D eigenvalue weighted by Gasteiger charge is -2.35. The second kappa shape index (κ2) is 14.3. The molecule has 0 unspecified atom stereocenters. The van der Waals surface area contributed by atoms with E-state index in [4.69, 9.17) is 14.2 Å². The lowest BCUT2D eigenvalue weighted by molar-refractivity contribution is 0.121. The first kappa shape index (κ1) is 30.6. The molecule has 1 heterocycles. The Morgan fingerprint density at radius 1 is 0.676 bits per heavy atom. The molecule has 37 heavy (non-hydrogen) atoms. The minimum absolute atomic E-state index is 0. The Morgan fingerprint density at radius 2 is 1.30 bits per heavy atom. The molecule has 1 aliphatic rings. The summed E-state index contributed by atoms with van der Waals surface area (Å²) < 4.78 is 16.6. The summed E-state index contributed by atoms with van der Waals surface area (Å²) in [6.07, 6.45) is 0. The van der Waals surface area contributed by atoms with Gasteiger partial charge in [-0.25, -0.2) is 0 Å². The third-order valence-electron chi connectivity index (χ3n) is 6.69. The highest BCUT2D eigenvalue weighted by Crippen LogP contribution is 2.40. The molecule has 202 valence electrons. The molecular weight excluding hydrogens is 509 g/mol. The van der Waals surface area contributed by atoms with Gasteiger partial charge in [-0.3, -0.25) is 9.80 Å². The summed E-state index contributed by atoms with van der Waals surface area (Å²) in [6.45, 7) is 5.91. The zero-order valence-corrected chi connectivity index (χ0v) is 24.0. The van der Waals surface area contributed by atoms with Crippen molar-refractivity contribution < 1.29 is 14.2 Å². The predicted molar refractivity (Wildman–Crippen MR) is 157 cm³/mol. The summed E-state index contributed by atoms with van der Waals surface area (Å²) in [7, 11) is 9.12. The Hall–Kier alpha value is -2.64. The molecule has 1 saturated heterocycles. The largest absolute Gasteiger partial charge is 0.493 e. The van der Waals surface area contributed by atoms with Gasteiger partial charge in [-0.05, 0) is 41.0 Å². The van der Waals surface area contributed by atoms with Gasteiger partial charge in [0.05, 0.1) is 21.3 Å². The number of benzene rings is 3. The van der Waals surface area contributed by atoms with Crippen LogP contribution in [0.25, 0.3) is 11.1 Å². The van der Waals surface area contributed by atoms with Crippen LogP contribution in [0.1, 0.15) is 11.1 Å². The van der Waals surface area contributed by atoms with Gasteiger partial charge in [0.15, 0.2) is 11.5 Å². The maximum atomic E-state index is 5.67. The van der Waals surface area contributed by atoms with Crippen molar-refractivity contribution in [2.24, 2.45) is 0 Å². The van der Waals surface area contributed by atoms with Crippen molar-refractivity contribution in [1.82, 2.24) is 9.80 Å². The predicted octanol–water partition coefficient (Wildman–Crippen LogP) is 5.61. The van der Waals surface area contributed by atoms with Crippen molar-refractivity contribution in [3.63, 3.8) is 0 Å².